The van der Waals surface area contributed by atoms with Gasteiger partial charge in [0.15, 0.2) is 0 Å². The Balaban J connectivity index is 2.05. The van der Waals surface area contributed by atoms with Crippen molar-refractivity contribution in [3.63, 3.8) is 0 Å². The molecule has 0 amide bonds. The minimum Gasteiger partial charge on any atom is -0.379 e. The first-order valence-corrected chi connectivity index (χ1v) is 5.95. The van der Waals surface area contributed by atoms with Gasteiger partial charge < -0.3 is 10.1 Å². The largest absolute Gasteiger partial charge is 0.379 e. The van der Waals surface area contributed by atoms with E-state index in [1.54, 1.807) is 6.20 Å². The lowest BCUT2D eigenvalue weighted by atomic mass is 10.1. The van der Waals surface area contributed by atoms with E-state index in [2.05, 4.69) is 31.2 Å². The molecule has 2 heterocycles. The monoisotopic (exact) mass is 291 g/mol. The van der Waals surface area contributed by atoms with Crippen molar-refractivity contribution in [3.05, 3.63) is 16.0 Å². The summed E-state index contributed by atoms with van der Waals surface area (Å²) < 4.78 is 6.19. The van der Waals surface area contributed by atoms with E-state index < -0.39 is 0 Å². The SMILES string of the molecule is Clc1ncc(Br)c(NC2CCCOC2)n1. The van der Waals surface area contributed by atoms with Gasteiger partial charge in [-0.3, -0.25) is 0 Å². The van der Waals surface area contributed by atoms with Gasteiger partial charge >= 0.3 is 0 Å². The lowest BCUT2D eigenvalue weighted by Gasteiger charge is -2.23. The molecule has 1 N–H and O–H groups in total. The predicted octanol–water partition coefficient (Wildman–Crippen LogP) is 2.48. The normalized spacial score (nSPS) is 21.3. The molecule has 1 aliphatic heterocycles. The molecule has 15 heavy (non-hydrogen) atoms. The van der Waals surface area contributed by atoms with E-state index in [1.807, 2.05) is 0 Å². The van der Waals surface area contributed by atoms with Crippen LogP contribution in [0.25, 0.3) is 0 Å². The Morgan fingerprint density at radius 2 is 2.47 bits per heavy atom. The minimum atomic E-state index is 0.248. The Hall–Kier alpha value is -0.390. The molecule has 0 aromatic carbocycles. The molecule has 2 rings (SSSR count). The van der Waals surface area contributed by atoms with Gasteiger partial charge in [-0.25, -0.2) is 4.98 Å². The molecule has 0 radical (unpaired) electrons. The summed E-state index contributed by atoms with van der Waals surface area (Å²) in [6.45, 7) is 1.57. The molecule has 1 atom stereocenters. The number of ether oxygens (including phenoxy) is 1. The van der Waals surface area contributed by atoms with Crippen LogP contribution in [0, 0.1) is 0 Å². The van der Waals surface area contributed by atoms with E-state index in [-0.39, 0.29) is 5.28 Å². The zero-order chi connectivity index (χ0) is 10.7. The van der Waals surface area contributed by atoms with Crippen molar-refractivity contribution < 1.29 is 4.74 Å². The van der Waals surface area contributed by atoms with Gasteiger partial charge in [-0.05, 0) is 40.4 Å². The average molecular weight is 293 g/mol. The van der Waals surface area contributed by atoms with Crippen molar-refractivity contribution >= 4 is 33.3 Å². The highest BCUT2D eigenvalue weighted by Crippen LogP contribution is 2.22. The fourth-order valence-corrected chi connectivity index (χ4v) is 1.93. The first kappa shape index (κ1) is 11.1. The summed E-state index contributed by atoms with van der Waals surface area (Å²) in [7, 11) is 0. The Kier molecular flexibility index (Phi) is 3.77. The number of rotatable bonds is 2. The number of hydrogen-bond donors (Lipinski definition) is 1. The maximum Gasteiger partial charge on any atom is 0.224 e. The fourth-order valence-electron chi connectivity index (χ4n) is 1.49. The predicted molar refractivity (Wildman–Crippen MR) is 62.2 cm³/mol. The number of aromatic nitrogens is 2. The zero-order valence-electron chi connectivity index (χ0n) is 8.04. The van der Waals surface area contributed by atoms with Crippen LogP contribution in [0.4, 0.5) is 5.82 Å². The molecule has 6 heteroatoms. The van der Waals surface area contributed by atoms with Gasteiger partial charge in [-0.1, -0.05) is 0 Å². The summed E-state index contributed by atoms with van der Waals surface area (Å²) >= 11 is 9.09. The molecule has 0 bridgehead atoms. The summed E-state index contributed by atoms with van der Waals surface area (Å²) in [6, 6.07) is 0.306. The number of nitrogens with zero attached hydrogens (tertiary/aromatic N) is 2. The lowest BCUT2D eigenvalue weighted by molar-refractivity contribution is 0.0875. The van der Waals surface area contributed by atoms with Crippen LogP contribution in [0.15, 0.2) is 10.7 Å². The molecular formula is C9H11BrClN3O. The van der Waals surface area contributed by atoms with Crippen LogP contribution in [0.1, 0.15) is 12.8 Å². The zero-order valence-corrected chi connectivity index (χ0v) is 10.4. The Labute approximate surface area is 102 Å². The maximum atomic E-state index is 5.72. The third-order valence-electron chi connectivity index (χ3n) is 2.22. The third-order valence-corrected chi connectivity index (χ3v) is 2.98. The van der Waals surface area contributed by atoms with Gasteiger partial charge in [-0.2, -0.15) is 4.98 Å². The fraction of sp³-hybridized carbons (Fsp3) is 0.556. The Bertz CT molecular complexity index is 344. The van der Waals surface area contributed by atoms with Gasteiger partial charge in [0.05, 0.1) is 17.1 Å². The summed E-state index contributed by atoms with van der Waals surface area (Å²) in [6.07, 6.45) is 3.81. The highest BCUT2D eigenvalue weighted by molar-refractivity contribution is 9.10. The molecule has 1 fully saturated rings. The average Bonchev–Trinajstić information content (AvgIpc) is 2.25. The second-order valence-corrected chi connectivity index (χ2v) is 4.59. The van der Waals surface area contributed by atoms with Crippen molar-refractivity contribution in [1.29, 1.82) is 0 Å². The summed E-state index contributed by atoms with van der Waals surface area (Å²) in [4.78, 5) is 7.98. The van der Waals surface area contributed by atoms with Crippen LogP contribution < -0.4 is 5.32 Å². The smallest absolute Gasteiger partial charge is 0.224 e. The van der Waals surface area contributed by atoms with Crippen LogP contribution in [0.5, 0.6) is 0 Å². The molecule has 0 spiro atoms. The molecule has 1 aliphatic rings. The molecule has 0 aliphatic carbocycles. The molecule has 1 unspecified atom stereocenters. The third kappa shape index (κ3) is 3.03. The first-order valence-electron chi connectivity index (χ1n) is 4.78. The molecular weight excluding hydrogens is 281 g/mol. The number of nitrogens with one attached hydrogen (secondary N) is 1. The minimum absolute atomic E-state index is 0.248. The lowest BCUT2D eigenvalue weighted by Crippen LogP contribution is -2.30. The van der Waals surface area contributed by atoms with Crippen molar-refractivity contribution in [2.75, 3.05) is 18.5 Å². The van der Waals surface area contributed by atoms with Crippen molar-refractivity contribution in [1.82, 2.24) is 9.97 Å². The van der Waals surface area contributed by atoms with E-state index in [0.29, 0.717) is 12.6 Å². The van der Waals surface area contributed by atoms with Crippen LogP contribution in [-0.4, -0.2) is 29.2 Å². The standard InChI is InChI=1S/C9H11BrClN3O/c10-7-4-12-9(11)14-8(7)13-6-2-1-3-15-5-6/h4,6H,1-3,5H2,(H,12,13,14). The van der Waals surface area contributed by atoms with Gasteiger partial charge in [0.25, 0.3) is 0 Å². The first-order chi connectivity index (χ1) is 7.25. The van der Waals surface area contributed by atoms with E-state index in [1.165, 1.54) is 0 Å². The summed E-state index contributed by atoms with van der Waals surface area (Å²) in [5.41, 5.74) is 0. The molecule has 4 nitrogen and oxygen atoms in total. The molecule has 1 saturated heterocycles. The van der Waals surface area contributed by atoms with Gasteiger partial charge in [0, 0.05) is 12.8 Å². The molecule has 1 aromatic heterocycles. The van der Waals surface area contributed by atoms with Crippen molar-refractivity contribution in [3.8, 4) is 0 Å². The molecule has 82 valence electrons. The van der Waals surface area contributed by atoms with Crippen LogP contribution >= 0.6 is 27.5 Å². The molecule has 1 aromatic rings. The Morgan fingerprint density at radius 1 is 1.60 bits per heavy atom. The van der Waals surface area contributed by atoms with Crippen LogP contribution in [0.3, 0.4) is 0 Å². The van der Waals surface area contributed by atoms with E-state index in [4.69, 9.17) is 16.3 Å². The number of halogens is 2. The van der Waals surface area contributed by atoms with E-state index in [0.717, 1.165) is 29.7 Å². The summed E-state index contributed by atoms with van der Waals surface area (Å²) in [5.74, 6) is 0.727. The molecule has 0 saturated carbocycles. The van der Waals surface area contributed by atoms with Crippen LogP contribution in [-0.2, 0) is 4.74 Å². The van der Waals surface area contributed by atoms with E-state index in [9.17, 15) is 0 Å². The van der Waals surface area contributed by atoms with Crippen molar-refractivity contribution in [2.24, 2.45) is 0 Å². The highest BCUT2D eigenvalue weighted by Gasteiger charge is 2.15. The quantitative estimate of drug-likeness (QED) is 0.851. The van der Waals surface area contributed by atoms with E-state index >= 15 is 0 Å². The number of anilines is 1. The van der Waals surface area contributed by atoms with Gasteiger partial charge in [0.1, 0.15) is 5.82 Å². The number of hydrogen-bond acceptors (Lipinski definition) is 4. The van der Waals surface area contributed by atoms with Gasteiger partial charge in [-0.15, -0.1) is 0 Å². The maximum absolute atomic E-state index is 5.72. The van der Waals surface area contributed by atoms with Crippen LogP contribution in [0.2, 0.25) is 5.28 Å². The second kappa shape index (κ2) is 5.09. The highest BCUT2D eigenvalue weighted by atomic mass is 79.9. The summed E-state index contributed by atoms with van der Waals surface area (Å²) in [5, 5.41) is 3.53. The second-order valence-electron chi connectivity index (χ2n) is 3.39. The van der Waals surface area contributed by atoms with Gasteiger partial charge in [0.2, 0.25) is 5.28 Å². The topological polar surface area (TPSA) is 47.0 Å². The van der Waals surface area contributed by atoms with Crippen molar-refractivity contribution in [2.45, 2.75) is 18.9 Å². The Morgan fingerprint density at radius 3 is 3.20 bits per heavy atom.